The number of nitrogens with one attached hydrogen (secondary N) is 1. The molecular formula is C12H17NO5. The van der Waals surface area contributed by atoms with Gasteiger partial charge in [0.15, 0.2) is 0 Å². The monoisotopic (exact) mass is 255 g/mol. The van der Waals surface area contributed by atoms with Crippen LogP contribution in [0.15, 0.2) is 24.8 Å². The lowest BCUT2D eigenvalue weighted by atomic mass is 10.1. The molecule has 0 rings (SSSR count). The summed E-state index contributed by atoms with van der Waals surface area (Å²) < 4.78 is 9.02. The Bertz CT molecular complexity index is 361. The zero-order valence-corrected chi connectivity index (χ0v) is 10.5. The summed E-state index contributed by atoms with van der Waals surface area (Å²) in [7, 11) is 1.13. The van der Waals surface area contributed by atoms with Crippen LogP contribution < -0.4 is 5.32 Å². The Morgan fingerprint density at radius 1 is 1.33 bits per heavy atom. The van der Waals surface area contributed by atoms with Gasteiger partial charge in [-0.25, -0.2) is 4.79 Å². The molecule has 0 aliphatic rings. The van der Waals surface area contributed by atoms with Crippen LogP contribution in [0.2, 0.25) is 0 Å². The van der Waals surface area contributed by atoms with Gasteiger partial charge in [0, 0.05) is 13.3 Å². The Labute approximate surface area is 106 Å². The van der Waals surface area contributed by atoms with E-state index >= 15 is 0 Å². The van der Waals surface area contributed by atoms with E-state index in [0.717, 1.165) is 14.0 Å². The standard InChI is InChI=1S/C12H17NO5/c1-5-8(2)6-7-10(15)13-11(12(16)17-4)18-9(3)14/h5,11H,1-2,6-7H2,3-4H3,(H,13,15). The van der Waals surface area contributed by atoms with E-state index in [4.69, 9.17) is 0 Å². The Kier molecular flexibility index (Phi) is 7.11. The predicted molar refractivity (Wildman–Crippen MR) is 64.3 cm³/mol. The summed E-state index contributed by atoms with van der Waals surface area (Å²) in [5.74, 6) is -1.99. The van der Waals surface area contributed by atoms with Crippen molar-refractivity contribution in [2.45, 2.75) is 26.0 Å². The van der Waals surface area contributed by atoms with Gasteiger partial charge in [0.2, 0.25) is 5.91 Å². The topological polar surface area (TPSA) is 81.7 Å². The average Bonchev–Trinajstić information content (AvgIpc) is 2.33. The van der Waals surface area contributed by atoms with Crippen LogP contribution in [-0.4, -0.2) is 31.2 Å². The van der Waals surface area contributed by atoms with Gasteiger partial charge < -0.3 is 14.8 Å². The van der Waals surface area contributed by atoms with Gasteiger partial charge in [0.1, 0.15) is 0 Å². The van der Waals surface area contributed by atoms with Crippen molar-refractivity contribution in [3.63, 3.8) is 0 Å². The molecule has 0 aromatic rings. The van der Waals surface area contributed by atoms with Crippen LogP contribution in [0.5, 0.6) is 0 Å². The second-order valence-electron chi connectivity index (χ2n) is 3.44. The number of ether oxygens (including phenoxy) is 2. The molecule has 6 nitrogen and oxygen atoms in total. The van der Waals surface area contributed by atoms with E-state index in [0.29, 0.717) is 12.0 Å². The minimum atomic E-state index is -1.42. The van der Waals surface area contributed by atoms with E-state index in [1.54, 1.807) is 0 Å². The Balaban J connectivity index is 4.34. The van der Waals surface area contributed by atoms with E-state index in [1.807, 2.05) is 0 Å². The first-order valence-electron chi connectivity index (χ1n) is 5.25. The van der Waals surface area contributed by atoms with Gasteiger partial charge in [-0.3, -0.25) is 9.59 Å². The van der Waals surface area contributed by atoms with Crippen LogP contribution >= 0.6 is 0 Å². The average molecular weight is 255 g/mol. The molecule has 0 fully saturated rings. The largest absolute Gasteiger partial charge is 0.465 e. The normalized spacial score (nSPS) is 11.0. The fourth-order valence-corrected chi connectivity index (χ4v) is 1.00. The second kappa shape index (κ2) is 8.05. The molecule has 18 heavy (non-hydrogen) atoms. The molecule has 0 spiro atoms. The first-order chi connectivity index (χ1) is 8.40. The number of amides is 1. The maximum Gasteiger partial charge on any atom is 0.368 e. The van der Waals surface area contributed by atoms with Gasteiger partial charge >= 0.3 is 11.9 Å². The fraction of sp³-hybridized carbons (Fsp3) is 0.417. The number of carbonyl (C=O) groups is 3. The van der Waals surface area contributed by atoms with Crippen molar-refractivity contribution < 1.29 is 23.9 Å². The first-order valence-corrected chi connectivity index (χ1v) is 5.25. The van der Waals surface area contributed by atoms with E-state index in [2.05, 4.69) is 27.9 Å². The van der Waals surface area contributed by atoms with Crippen LogP contribution in [0.4, 0.5) is 0 Å². The molecule has 0 aromatic carbocycles. The Hall–Kier alpha value is -2.11. The number of esters is 2. The summed E-state index contributed by atoms with van der Waals surface area (Å²) in [5.41, 5.74) is 0.701. The molecule has 0 saturated carbocycles. The lowest BCUT2D eigenvalue weighted by Crippen LogP contribution is -2.44. The number of rotatable bonds is 7. The van der Waals surface area contributed by atoms with Crippen LogP contribution in [0, 0.1) is 0 Å². The molecule has 100 valence electrons. The quantitative estimate of drug-likeness (QED) is 0.411. The van der Waals surface area contributed by atoms with Crippen molar-refractivity contribution in [2.75, 3.05) is 7.11 Å². The molecule has 0 bridgehead atoms. The highest BCUT2D eigenvalue weighted by atomic mass is 16.6. The molecule has 1 amide bonds. The summed E-state index contributed by atoms with van der Waals surface area (Å²) in [6.45, 7) is 8.28. The van der Waals surface area contributed by atoms with E-state index in [9.17, 15) is 14.4 Å². The third-order valence-electron chi connectivity index (χ3n) is 1.95. The minimum Gasteiger partial charge on any atom is -0.465 e. The highest BCUT2D eigenvalue weighted by Crippen LogP contribution is 2.03. The van der Waals surface area contributed by atoms with Gasteiger partial charge in [-0.1, -0.05) is 24.8 Å². The summed E-state index contributed by atoms with van der Waals surface area (Å²) >= 11 is 0. The summed E-state index contributed by atoms with van der Waals surface area (Å²) in [4.78, 5) is 33.5. The molecule has 0 saturated heterocycles. The van der Waals surface area contributed by atoms with Crippen molar-refractivity contribution in [1.29, 1.82) is 0 Å². The van der Waals surface area contributed by atoms with E-state index in [-0.39, 0.29) is 6.42 Å². The Morgan fingerprint density at radius 3 is 2.39 bits per heavy atom. The third-order valence-corrected chi connectivity index (χ3v) is 1.95. The van der Waals surface area contributed by atoms with Crippen molar-refractivity contribution in [1.82, 2.24) is 5.32 Å². The lowest BCUT2D eigenvalue weighted by molar-refractivity contribution is -0.168. The molecule has 0 heterocycles. The van der Waals surface area contributed by atoms with Gasteiger partial charge in [0.05, 0.1) is 7.11 Å². The molecular weight excluding hydrogens is 238 g/mol. The lowest BCUT2D eigenvalue weighted by Gasteiger charge is -2.15. The SMILES string of the molecule is C=CC(=C)CCC(=O)NC(OC(C)=O)C(=O)OC. The predicted octanol–water partition coefficient (Wildman–Crippen LogP) is 0.687. The molecule has 1 N–H and O–H groups in total. The summed E-state index contributed by atoms with van der Waals surface area (Å²) in [5, 5.41) is 2.25. The molecule has 0 aliphatic carbocycles. The zero-order valence-electron chi connectivity index (χ0n) is 10.5. The Morgan fingerprint density at radius 2 is 1.94 bits per heavy atom. The van der Waals surface area contributed by atoms with E-state index in [1.165, 1.54) is 6.08 Å². The van der Waals surface area contributed by atoms with Gasteiger partial charge in [-0.2, -0.15) is 0 Å². The van der Waals surface area contributed by atoms with Gasteiger partial charge in [-0.05, 0) is 6.42 Å². The second-order valence-corrected chi connectivity index (χ2v) is 3.44. The smallest absolute Gasteiger partial charge is 0.368 e. The number of hydrogen-bond acceptors (Lipinski definition) is 5. The van der Waals surface area contributed by atoms with E-state index < -0.39 is 24.1 Å². The number of methoxy groups -OCH3 is 1. The highest BCUT2D eigenvalue weighted by Gasteiger charge is 2.24. The summed E-state index contributed by atoms with van der Waals surface area (Å²) in [6.07, 6.45) is 0.636. The van der Waals surface area contributed by atoms with Gasteiger partial charge in [-0.15, -0.1) is 0 Å². The molecule has 0 aromatic heterocycles. The van der Waals surface area contributed by atoms with Crippen LogP contribution in [0.25, 0.3) is 0 Å². The highest BCUT2D eigenvalue weighted by molar-refractivity contribution is 5.85. The first kappa shape index (κ1) is 15.9. The molecule has 1 atom stereocenters. The van der Waals surface area contributed by atoms with Crippen LogP contribution in [-0.2, 0) is 23.9 Å². The van der Waals surface area contributed by atoms with Crippen molar-refractivity contribution >= 4 is 17.8 Å². The maximum atomic E-state index is 11.5. The molecule has 6 heteroatoms. The number of allylic oxidation sites excluding steroid dienone is 2. The van der Waals surface area contributed by atoms with Crippen LogP contribution in [0.1, 0.15) is 19.8 Å². The fourth-order valence-electron chi connectivity index (χ4n) is 1.00. The van der Waals surface area contributed by atoms with Gasteiger partial charge in [0.25, 0.3) is 6.23 Å². The van der Waals surface area contributed by atoms with Crippen molar-refractivity contribution in [2.24, 2.45) is 0 Å². The molecule has 0 aliphatic heterocycles. The van der Waals surface area contributed by atoms with Crippen molar-refractivity contribution in [3.05, 3.63) is 24.8 Å². The molecule has 0 radical (unpaired) electrons. The summed E-state index contributed by atoms with van der Waals surface area (Å²) in [6, 6.07) is 0. The van der Waals surface area contributed by atoms with Crippen molar-refractivity contribution in [3.8, 4) is 0 Å². The number of hydrogen-bond donors (Lipinski definition) is 1. The zero-order chi connectivity index (χ0) is 14.1. The minimum absolute atomic E-state index is 0.111. The maximum absolute atomic E-state index is 11.5. The van der Waals surface area contributed by atoms with Crippen LogP contribution in [0.3, 0.4) is 0 Å². The third kappa shape index (κ3) is 6.47. The number of carbonyl (C=O) groups excluding carboxylic acids is 3. The molecule has 1 unspecified atom stereocenters.